The Kier molecular flexibility index (Phi) is 8.67. The van der Waals surface area contributed by atoms with Gasteiger partial charge in [-0.15, -0.1) is 0 Å². The molecule has 6 nitrogen and oxygen atoms in total. The molecule has 1 saturated heterocycles. The Morgan fingerprint density at radius 3 is 1.84 bits per heavy atom. The van der Waals surface area contributed by atoms with E-state index in [-0.39, 0.29) is 18.5 Å². The molecular formula is C30H37N3O3S. The van der Waals surface area contributed by atoms with Crippen LogP contribution in [0.2, 0.25) is 0 Å². The summed E-state index contributed by atoms with van der Waals surface area (Å²) in [5, 5.41) is 0. The first-order valence-corrected chi connectivity index (χ1v) is 14.7. The summed E-state index contributed by atoms with van der Waals surface area (Å²) in [5.74, 6) is 0.0875. The van der Waals surface area contributed by atoms with Crippen molar-refractivity contribution >= 4 is 21.6 Å². The average Bonchev–Trinajstić information content (AvgIpc) is 2.87. The number of benzene rings is 3. The van der Waals surface area contributed by atoms with Gasteiger partial charge in [-0.1, -0.05) is 66.7 Å². The molecule has 0 spiro atoms. The minimum Gasteiger partial charge on any atom is -0.340 e. The number of rotatable bonds is 9. The number of aryl methyl sites for hydroxylation is 2. The van der Waals surface area contributed by atoms with Gasteiger partial charge in [0.25, 0.3) is 0 Å². The first kappa shape index (κ1) is 26.9. The molecule has 37 heavy (non-hydrogen) atoms. The van der Waals surface area contributed by atoms with E-state index in [9.17, 15) is 13.2 Å². The number of hydrogen-bond donors (Lipinski definition) is 0. The van der Waals surface area contributed by atoms with Crippen molar-refractivity contribution in [2.24, 2.45) is 0 Å². The molecule has 0 bridgehead atoms. The highest BCUT2D eigenvalue weighted by Gasteiger charge is 2.28. The van der Waals surface area contributed by atoms with Crippen LogP contribution in [0.25, 0.3) is 0 Å². The van der Waals surface area contributed by atoms with Crippen LogP contribution in [0, 0.1) is 13.8 Å². The third-order valence-corrected chi connectivity index (χ3v) is 8.10. The predicted molar refractivity (Wildman–Crippen MR) is 150 cm³/mol. The van der Waals surface area contributed by atoms with Crippen LogP contribution in [-0.2, 0) is 14.8 Å². The quantitative estimate of drug-likeness (QED) is 0.408. The van der Waals surface area contributed by atoms with Crippen molar-refractivity contribution < 1.29 is 13.2 Å². The highest BCUT2D eigenvalue weighted by molar-refractivity contribution is 7.92. The number of sulfonamides is 1. The SMILES string of the molecule is Cc1cc(C)cc(N(CCCC(=O)N2CCN(C(c3ccccc3)c3ccccc3)CC2)S(C)(=O)=O)c1. The van der Waals surface area contributed by atoms with Gasteiger partial charge in [-0.3, -0.25) is 14.0 Å². The van der Waals surface area contributed by atoms with Gasteiger partial charge in [0.2, 0.25) is 15.9 Å². The lowest BCUT2D eigenvalue weighted by Crippen LogP contribution is -2.50. The topological polar surface area (TPSA) is 60.9 Å². The molecule has 1 aliphatic heterocycles. The molecule has 0 aliphatic carbocycles. The summed E-state index contributed by atoms with van der Waals surface area (Å²) < 4.78 is 26.4. The fourth-order valence-corrected chi connectivity index (χ4v) is 6.18. The van der Waals surface area contributed by atoms with Crippen LogP contribution in [0.3, 0.4) is 0 Å². The van der Waals surface area contributed by atoms with Crippen LogP contribution < -0.4 is 4.31 Å². The monoisotopic (exact) mass is 519 g/mol. The second-order valence-corrected chi connectivity index (χ2v) is 11.8. The van der Waals surface area contributed by atoms with Crippen LogP contribution in [0.4, 0.5) is 5.69 Å². The van der Waals surface area contributed by atoms with Gasteiger partial charge >= 0.3 is 0 Å². The number of carbonyl (C=O) groups is 1. The third kappa shape index (κ3) is 6.99. The third-order valence-electron chi connectivity index (χ3n) is 6.91. The van der Waals surface area contributed by atoms with E-state index in [1.165, 1.54) is 21.7 Å². The number of carbonyl (C=O) groups excluding carboxylic acids is 1. The van der Waals surface area contributed by atoms with Gasteiger partial charge in [0.15, 0.2) is 0 Å². The predicted octanol–water partition coefficient (Wildman–Crippen LogP) is 4.78. The Labute approximate surface area is 221 Å². The van der Waals surface area contributed by atoms with Crippen LogP contribution in [0.15, 0.2) is 78.9 Å². The fraction of sp³-hybridized carbons (Fsp3) is 0.367. The Hall–Kier alpha value is -3.16. The molecule has 1 heterocycles. The number of hydrogen-bond acceptors (Lipinski definition) is 4. The van der Waals surface area contributed by atoms with Crippen LogP contribution in [-0.4, -0.2) is 63.1 Å². The molecule has 3 aromatic rings. The van der Waals surface area contributed by atoms with E-state index >= 15 is 0 Å². The van der Waals surface area contributed by atoms with Gasteiger partial charge in [-0.2, -0.15) is 0 Å². The Bertz CT molecular complexity index is 1230. The van der Waals surface area contributed by atoms with Crippen LogP contribution in [0.5, 0.6) is 0 Å². The van der Waals surface area contributed by atoms with Crippen molar-refractivity contribution in [3.63, 3.8) is 0 Å². The summed E-state index contributed by atoms with van der Waals surface area (Å²) >= 11 is 0. The highest BCUT2D eigenvalue weighted by Crippen LogP contribution is 2.29. The van der Waals surface area contributed by atoms with Crippen LogP contribution in [0.1, 0.15) is 41.1 Å². The lowest BCUT2D eigenvalue weighted by atomic mass is 9.96. The van der Waals surface area contributed by atoms with Crippen molar-refractivity contribution in [3.05, 3.63) is 101 Å². The average molecular weight is 520 g/mol. The summed E-state index contributed by atoms with van der Waals surface area (Å²) in [5.41, 5.74) is 5.19. The lowest BCUT2D eigenvalue weighted by molar-refractivity contribution is -0.133. The zero-order chi connectivity index (χ0) is 26.4. The number of anilines is 1. The maximum Gasteiger partial charge on any atom is 0.232 e. The highest BCUT2D eigenvalue weighted by atomic mass is 32.2. The van der Waals surface area contributed by atoms with Crippen LogP contribution >= 0.6 is 0 Å². The Morgan fingerprint density at radius 1 is 0.838 bits per heavy atom. The molecule has 3 aromatic carbocycles. The molecule has 1 fully saturated rings. The van der Waals surface area contributed by atoms with Crippen molar-refractivity contribution in [2.45, 2.75) is 32.7 Å². The number of nitrogens with zero attached hydrogens (tertiary/aromatic N) is 3. The first-order chi connectivity index (χ1) is 17.7. The Morgan fingerprint density at radius 2 is 1.35 bits per heavy atom. The molecule has 0 atom stereocenters. The van der Waals surface area contributed by atoms with E-state index in [1.54, 1.807) is 0 Å². The number of amides is 1. The standard InChI is InChI=1S/C30H37N3O3S/c1-24-21-25(2)23-28(22-24)33(37(3,35)36)16-10-15-29(34)31-17-19-32(20-18-31)30(26-11-6-4-7-12-26)27-13-8-5-9-14-27/h4-9,11-14,21-23,30H,10,15-20H2,1-3H3. The summed E-state index contributed by atoms with van der Waals surface area (Å²) in [4.78, 5) is 17.4. The smallest absolute Gasteiger partial charge is 0.232 e. The van der Waals surface area contributed by atoms with E-state index < -0.39 is 10.0 Å². The van der Waals surface area contributed by atoms with E-state index in [4.69, 9.17) is 0 Å². The van der Waals surface area contributed by atoms with Gasteiger partial charge < -0.3 is 4.90 Å². The summed E-state index contributed by atoms with van der Waals surface area (Å²) in [6.45, 7) is 7.12. The zero-order valence-electron chi connectivity index (χ0n) is 22.0. The van der Waals surface area contributed by atoms with Gasteiger partial charge in [0.05, 0.1) is 18.0 Å². The normalized spacial score (nSPS) is 14.6. The molecule has 0 N–H and O–H groups in total. The van der Waals surface area contributed by atoms with Crippen molar-refractivity contribution in [1.82, 2.24) is 9.80 Å². The molecular weight excluding hydrogens is 482 g/mol. The molecule has 0 radical (unpaired) electrons. The minimum atomic E-state index is -3.44. The van der Waals surface area contributed by atoms with E-state index in [0.29, 0.717) is 31.6 Å². The zero-order valence-corrected chi connectivity index (χ0v) is 22.8. The summed E-state index contributed by atoms with van der Waals surface area (Å²) in [6.07, 6.45) is 2.04. The molecule has 7 heteroatoms. The fourth-order valence-electron chi connectivity index (χ4n) is 5.23. The maximum atomic E-state index is 13.0. The van der Waals surface area contributed by atoms with Gasteiger partial charge in [-0.25, -0.2) is 8.42 Å². The summed E-state index contributed by atoms with van der Waals surface area (Å²) in [6, 6.07) is 27.0. The van der Waals surface area contributed by atoms with Gasteiger partial charge in [0.1, 0.15) is 0 Å². The molecule has 0 unspecified atom stereocenters. The van der Waals surface area contributed by atoms with Gasteiger partial charge in [-0.05, 0) is 54.7 Å². The van der Waals surface area contributed by atoms with E-state index in [2.05, 4.69) is 53.4 Å². The molecule has 1 aliphatic rings. The van der Waals surface area contributed by atoms with Gasteiger partial charge in [0, 0.05) is 39.1 Å². The van der Waals surface area contributed by atoms with Crippen molar-refractivity contribution in [2.75, 3.05) is 43.3 Å². The largest absolute Gasteiger partial charge is 0.340 e. The minimum absolute atomic E-state index is 0.0875. The molecule has 0 saturated carbocycles. The van der Waals surface area contributed by atoms with Crippen molar-refractivity contribution in [1.29, 1.82) is 0 Å². The first-order valence-electron chi connectivity index (χ1n) is 12.9. The molecule has 4 rings (SSSR count). The molecule has 0 aromatic heterocycles. The number of piperazine rings is 1. The maximum absolute atomic E-state index is 13.0. The lowest BCUT2D eigenvalue weighted by Gasteiger charge is -2.40. The van der Waals surface area contributed by atoms with Crippen molar-refractivity contribution in [3.8, 4) is 0 Å². The molecule has 1 amide bonds. The molecule has 196 valence electrons. The second kappa shape index (κ2) is 11.9. The summed E-state index contributed by atoms with van der Waals surface area (Å²) in [7, 11) is -3.44. The van der Waals surface area contributed by atoms with E-state index in [1.807, 2.05) is 49.1 Å². The van der Waals surface area contributed by atoms with E-state index in [0.717, 1.165) is 24.2 Å². The second-order valence-electron chi connectivity index (χ2n) is 9.93. The Balaban J connectivity index is 1.36.